The normalized spacial score (nSPS) is 14.3. The maximum atomic E-state index is 10.3. The Hall–Kier alpha value is -1.26. The molecule has 0 aliphatic rings. The lowest BCUT2D eigenvalue weighted by Gasteiger charge is -2.27. The van der Waals surface area contributed by atoms with Crippen LogP contribution >= 0.6 is 0 Å². The molecule has 0 saturated carbocycles. The predicted molar refractivity (Wildman–Crippen MR) is 62.8 cm³/mol. The Morgan fingerprint density at radius 1 is 1.31 bits per heavy atom. The Morgan fingerprint density at radius 2 is 2.00 bits per heavy atom. The molecule has 0 spiro atoms. The van der Waals surface area contributed by atoms with Gasteiger partial charge in [0.25, 0.3) is 0 Å². The van der Waals surface area contributed by atoms with E-state index in [0.717, 1.165) is 0 Å². The van der Waals surface area contributed by atoms with Crippen molar-refractivity contribution in [2.75, 3.05) is 20.8 Å². The van der Waals surface area contributed by atoms with Crippen LogP contribution in [0, 0.1) is 0 Å². The number of methoxy groups -OCH3 is 2. The lowest BCUT2D eigenvalue weighted by Crippen LogP contribution is -2.34. The fraction of sp³-hybridized carbons (Fsp3) is 0.500. The summed E-state index contributed by atoms with van der Waals surface area (Å²) in [5.41, 5.74) is 5.26. The van der Waals surface area contributed by atoms with E-state index in [1.807, 2.05) is 6.92 Å². The molecule has 0 saturated heterocycles. The third kappa shape index (κ3) is 2.28. The van der Waals surface area contributed by atoms with Crippen LogP contribution in [0.25, 0.3) is 0 Å². The third-order valence-electron chi connectivity index (χ3n) is 2.83. The molecule has 0 bridgehead atoms. The smallest absolute Gasteiger partial charge is 0.128 e. The summed E-state index contributed by atoms with van der Waals surface area (Å²) >= 11 is 0. The number of nitrogens with two attached hydrogens (primary N) is 1. The Balaban J connectivity index is 3.22. The van der Waals surface area contributed by atoms with Gasteiger partial charge in [-0.2, -0.15) is 0 Å². The molecular formula is C12H19NO3. The molecule has 1 atom stereocenters. The summed E-state index contributed by atoms with van der Waals surface area (Å²) in [7, 11) is 3.15. The molecule has 4 nitrogen and oxygen atoms in total. The molecule has 1 aromatic rings. The maximum Gasteiger partial charge on any atom is 0.128 e. The molecule has 0 radical (unpaired) electrons. The number of benzene rings is 1. The van der Waals surface area contributed by atoms with Crippen LogP contribution in [-0.2, 0) is 5.60 Å². The van der Waals surface area contributed by atoms with Gasteiger partial charge < -0.3 is 20.3 Å². The summed E-state index contributed by atoms with van der Waals surface area (Å²) in [4.78, 5) is 0. The van der Waals surface area contributed by atoms with Gasteiger partial charge in [0.2, 0.25) is 0 Å². The van der Waals surface area contributed by atoms with Crippen molar-refractivity contribution in [1.82, 2.24) is 0 Å². The van der Waals surface area contributed by atoms with Crippen molar-refractivity contribution in [2.24, 2.45) is 5.73 Å². The standard InChI is InChI=1S/C12H19NO3/c1-4-12(14,8-13)10-6-5-9(15-2)7-11(10)16-3/h5-7,14H,4,8,13H2,1-3H3. The molecule has 0 fully saturated rings. The van der Waals surface area contributed by atoms with Crippen LogP contribution in [0.4, 0.5) is 0 Å². The highest BCUT2D eigenvalue weighted by Crippen LogP contribution is 2.34. The summed E-state index contributed by atoms with van der Waals surface area (Å²) in [5.74, 6) is 1.28. The number of ether oxygens (including phenoxy) is 2. The van der Waals surface area contributed by atoms with E-state index < -0.39 is 5.60 Å². The van der Waals surface area contributed by atoms with Gasteiger partial charge in [-0.25, -0.2) is 0 Å². The predicted octanol–water partition coefficient (Wildman–Crippen LogP) is 1.26. The van der Waals surface area contributed by atoms with Gasteiger partial charge in [0.05, 0.1) is 14.2 Å². The monoisotopic (exact) mass is 225 g/mol. The molecule has 0 heterocycles. The van der Waals surface area contributed by atoms with Crippen LogP contribution in [0.1, 0.15) is 18.9 Å². The molecule has 0 amide bonds. The zero-order valence-corrected chi connectivity index (χ0v) is 9.99. The molecule has 16 heavy (non-hydrogen) atoms. The Bertz CT molecular complexity index is 348. The summed E-state index contributed by atoms with van der Waals surface area (Å²) in [5, 5.41) is 10.3. The van der Waals surface area contributed by atoms with Gasteiger partial charge in [-0.15, -0.1) is 0 Å². The van der Waals surface area contributed by atoms with Crippen LogP contribution in [0.15, 0.2) is 18.2 Å². The van der Waals surface area contributed by atoms with Gasteiger partial charge >= 0.3 is 0 Å². The zero-order valence-electron chi connectivity index (χ0n) is 9.99. The fourth-order valence-electron chi connectivity index (χ4n) is 1.63. The molecule has 0 aliphatic heterocycles. The Labute approximate surface area is 96.0 Å². The second-order valence-electron chi connectivity index (χ2n) is 3.66. The SMILES string of the molecule is CCC(O)(CN)c1ccc(OC)cc1OC. The van der Waals surface area contributed by atoms with E-state index in [0.29, 0.717) is 23.5 Å². The Kier molecular flexibility index (Phi) is 4.15. The van der Waals surface area contributed by atoms with Crippen LogP contribution < -0.4 is 15.2 Å². The molecule has 4 heteroatoms. The number of hydrogen-bond acceptors (Lipinski definition) is 4. The molecule has 90 valence electrons. The summed E-state index contributed by atoms with van der Waals surface area (Å²) in [6.45, 7) is 2.04. The minimum Gasteiger partial charge on any atom is -0.497 e. The average molecular weight is 225 g/mol. The summed E-state index contributed by atoms with van der Waals surface area (Å²) < 4.78 is 10.3. The van der Waals surface area contributed by atoms with Crippen LogP contribution in [0.2, 0.25) is 0 Å². The minimum absolute atomic E-state index is 0.159. The van der Waals surface area contributed by atoms with Crippen molar-refractivity contribution >= 4 is 0 Å². The fourth-order valence-corrected chi connectivity index (χ4v) is 1.63. The van der Waals surface area contributed by atoms with E-state index in [-0.39, 0.29) is 6.54 Å². The van der Waals surface area contributed by atoms with Crippen LogP contribution in [0.5, 0.6) is 11.5 Å². The van der Waals surface area contributed by atoms with E-state index >= 15 is 0 Å². The van der Waals surface area contributed by atoms with E-state index in [1.165, 1.54) is 0 Å². The largest absolute Gasteiger partial charge is 0.497 e. The number of hydrogen-bond donors (Lipinski definition) is 2. The average Bonchev–Trinajstić information content (AvgIpc) is 2.37. The quantitative estimate of drug-likeness (QED) is 0.791. The van der Waals surface area contributed by atoms with Gasteiger partial charge in [-0.05, 0) is 18.6 Å². The highest BCUT2D eigenvalue weighted by atomic mass is 16.5. The highest BCUT2D eigenvalue weighted by Gasteiger charge is 2.28. The number of aliphatic hydroxyl groups is 1. The van der Waals surface area contributed by atoms with Crippen molar-refractivity contribution in [2.45, 2.75) is 18.9 Å². The van der Waals surface area contributed by atoms with Crippen LogP contribution in [-0.4, -0.2) is 25.9 Å². The number of rotatable bonds is 5. The Morgan fingerprint density at radius 3 is 2.44 bits per heavy atom. The molecule has 1 rings (SSSR count). The van der Waals surface area contributed by atoms with Crippen LogP contribution in [0.3, 0.4) is 0 Å². The van der Waals surface area contributed by atoms with Gasteiger partial charge in [-0.3, -0.25) is 0 Å². The van der Waals surface area contributed by atoms with Gasteiger partial charge in [0.15, 0.2) is 0 Å². The van der Waals surface area contributed by atoms with Gasteiger partial charge in [-0.1, -0.05) is 6.92 Å². The lowest BCUT2D eigenvalue weighted by molar-refractivity contribution is 0.0393. The van der Waals surface area contributed by atoms with Gasteiger partial charge in [0, 0.05) is 18.2 Å². The second-order valence-corrected chi connectivity index (χ2v) is 3.66. The zero-order chi connectivity index (χ0) is 12.2. The van der Waals surface area contributed by atoms with E-state index in [9.17, 15) is 5.11 Å². The van der Waals surface area contributed by atoms with E-state index in [4.69, 9.17) is 15.2 Å². The van der Waals surface area contributed by atoms with Crippen molar-refractivity contribution in [3.05, 3.63) is 23.8 Å². The van der Waals surface area contributed by atoms with Crippen molar-refractivity contribution in [3.63, 3.8) is 0 Å². The van der Waals surface area contributed by atoms with E-state index in [2.05, 4.69) is 0 Å². The first-order valence-electron chi connectivity index (χ1n) is 5.26. The second kappa shape index (κ2) is 5.18. The summed E-state index contributed by atoms with van der Waals surface area (Å²) in [6, 6.07) is 5.31. The maximum absolute atomic E-state index is 10.3. The minimum atomic E-state index is -1.04. The molecule has 1 unspecified atom stereocenters. The van der Waals surface area contributed by atoms with Crippen molar-refractivity contribution in [3.8, 4) is 11.5 Å². The molecular weight excluding hydrogens is 206 g/mol. The van der Waals surface area contributed by atoms with Gasteiger partial charge in [0.1, 0.15) is 17.1 Å². The van der Waals surface area contributed by atoms with Crippen molar-refractivity contribution < 1.29 is 14.6 Å². The first kappa shape index (κ1) is 12.8. The molecule has 1 aromatic carbocycles. The first-order chi connectivity index (χ1) is 7.61. The third-order valence-corrected chi connectivity index (χ3v) is 2.83. The molecule has 0 aromatic heterocycles. The topological polar surface area (TPSA) is 64.7 Å². The van der Waals surface area contributed by atoms with Crippen molar-refractivity contribution in [1.29, 1.82) is 0 Å². The molecule has 0 aliphatic carbocycles. The molecule has 3 N–H and O–H groups in total. The first-order valence-corrected chi connectivity index (χ1v) is 5.26. The lowest BCUT2D eigenvalue weighted by atomic mass is 9.90. The van der Waals surface area contributed by atoms with E-state index in [1.54, 1.807) is 32.4 Å². The highest BCUT2D eigenvalue weighted by molar-refractivity contribution is 5.44. The summed E-state index contributed by atoms with van der Waals surface area (Å²) in [6.07, 6.45) is 0.534.